The first-order valence-corrected chi connectivity index (χ1v) is 17.1. The molecule has 1 atom stereocenters. The third-order valence-electron chi connectivity index (χ3n) is 8.48. The van der Waals surface area contributed by atoms with Crippen molar-refractivity contribution in [2.45, 2.75) is 70.4 Å². The number of nitrogens with one attached hydrogen (secondary N) is 1. The summed E-state index contributed by atoms with van der Waals surface area (Å²) >= 11 is 0. The molecular weight excluding hydrogens is 604 g/mol. The van der Waals surface area contributed by atoms with E-state index in [1.165, 1.54) is 12.1 Å². The number of aromatic nitrogens is 4. The van der Waals surface area contributed by atoms with Crippen molar-refractivity contribution in [2.24, 2.45) is 5.92 Å². The molecule has 2 aromatic carbocycles. The highest BCUT2D eigenvalue weighted by atomic mass is 32.2. The Morgan fingerprint density at radius 1 is 1.02 bits per heavy atom. The molecule has 0 radical (unpaired) electrons. The normalized spacial score (nSPS) is 17.8. The van der Waals surface area contributed by atoms with Gasteiger partial charge in [-0.2, -0.15) is 4.98 Å². The molecule has 1 N–H and O–H groups in total. The molecule has 2 aromatic heterocycles. The number of hydrogen-bond donors (Lipinski definition) is 1. The Balaban J connectivity index is 1.44. The van der Waals surface area contributed by atoms with Crippen LogP contribution in [0.5, 0.6) is 11.6 Å². The van der Waals surface area contributed by atoms with Gasteiger partial charge in [-0.3, -0.25) is 4.79 Å². The van der Waals surface area contributed by atoms with Gasteiger partial charge in [-0.05, 0) is 61.9 Å². The van der Waals surface area contributed by atoms with Crippen LogP contribution in [0.25, 0.3) is 11.3 Å². The number of rotatable bonds is 8. The van der Waals surface area contributed by atoms with Crippen molar-refractivity contribution in [3.05, 3.63) is 83.4 Å². The Morgan fingerprint density at radius 2 is 1.76 bits per heavy atom. The summed E-state index contributed by atoms with van der Waals surface area (Å²) in [5.41, 5.74) is 3.59. The minimum atomic E-state index is -4.16. The minimum Gasteiger partial charge on any atom is -0.490 e. The van der Waals surface area contributed by atoms with Crippen molar-refractivity contribution in [1.29, 1.82) is 0 Å². The van der Waals surface area contributed by atoms with Gasteiger partial charge in [-0.1, -0.05) is 50.5 Å². The molecule has 1 amide bonds. The molecule has 2 aliphatic rings. The van der Waals surface area contributed by atoms with Crippen LogP contribution in [0.15, 0.2) is 65.8 Å². The van der Waals surface area contributed by atoms with E-state index in [0.717, 1.165) is 42.4 Å². The van der Waals surface area contributed by atoms with Crippen LogP contribution in [0.3, 0.4) is 0 Å². The smallest absolute Gasteiger partial charge is 0.264 e. The van der Waals surface area contributed by atoms with Gasteiger partial charge in [-0.25, -0.2) is 28.1 Å². The molecule has 0 unspecified atom stereocenters. The molecule has 1 aliphatic heterocycles. The molecule has 1 saturated carbocycles. The number of hydrogen-bond acceptors (Lipinski definition) is 9. The van der Waals surface area contributed by atoms with Gasteiger partial charge in [0.15, 0.2) is 5.75 Å². The zero-order valence-corrected chi connectivity index (χ0v) is 27.1. The lowest BCUT2D eigenvalue weighted by Gasteiger charge is -2.36. The van der Waals surface area contributed by atoms with Gasteiger partial charge in [0.25, 0.3) is 15.9 Å². The van der Waals surface area contributed by atoms with E-state index in [1.807, 2.05) is 39.0 Å². The van der Waals surface area contributed by atoms with Crippen molar-refractivity contribution < 1.29 is 22.7 Å². The summed E-state index contributed by atoms with van der Waals surface area (Å²) in [4.78, 5) is 33.9. The van der Waals surface area contributed by atoms with Gasteiger partial charge < -0.3 is 14.4 Å². The summed E-state index contributed by atoms with van der Waals surface area (Å²) in [6.07, 6.45) is 8.08. The van der Waals surface area contributed by atoms with E-state index in [0.29, 0.717) is 36.2 Å². The Bertz CT molecular complexity index is 1810. The van der Waals surface area contributed by atoms with Crippen LogP contribution in [0, 0.1) is 19.8 Å². The lowest BCUT2D eigenvalue weighted by molar-refractivity contribution is 0.0504. The molecular formula is C34H38N6O5S. The van der Waals surface area contributed by atoms with Gasteiger partial charge in [-0.15, -0.1) is 0 Å². The molecule has 1 aliphatic carbocycles. The first-order chi connectivity index (χ1) is 22.2. The zero-order valence-electron chi connectivity index (χ0n) is 26.3. The van der Waals surface area contributed by atoms with Gasteiger partial charge in [0.05, 0.1) is 42.2 Å². The lowest BCUT2D eigenvalue weighted by Crippen LogP contribution is -2.45. The van der Waals surface area contributed by atoms with Crippen LogP contribution < -0.4 is 14.2 Å². The van der Waals surface area contributed by atoms with E-state index in [9.17, 15) is 13.2 Å². The molecule has 240 valence electrons. The highest BCUT2D eigenvalue weighted by Gasteiger charge is 2.32. The molecule has 0 spiro atoms. The zero-order chi connectivity index (χ0) is 32.3. The summed E-state index contributed by atoms with van der Waals surface area (Å²) in [5.74, 6) is 1.18. The van der Waals surface area contributed by atoms with Crippen molar-refractivity contribution in [3.63, 3.8) is 0 Å². The predicted molar refractivity (Wildman–Crippen MR) is 173 cm³/mol. The molecule has 46 heavy (non-hydrogen) atoms. The average Bonchev–Trinajstić information content (AvgIpc) is 3.02. The number of fused-ring (bicyclic) bond motifs is 4. The second kappa shape index (κ2) is 13.4. The first-order valence-electron chi connectivity index (χ1n) is 15.7. The van der Waals surface area contributed by atoms with E-state index in [-0.39, 0.29) is 47.4 Å². The maximum absolute atomic E-state index is 14.3. The van der Waals surface area contributed by atoms with Gasteiger partial charge >= 0.3 is 0 Å². The molecule has 0 saturated heterocycles. The molecule has 6 rings (SSSR count). The Labute approximate surface area is 269 Å². The fourth-order valence-corrected chi connectivity index (χ4v) is 6.84. The highest BCUT2D eigenvalue weighted by Crippen LogP contribution is 2.34. The van der Waals surface area contributed by atoms with Gasteiger partial charge in [0.1, 0.15) is 12.4 Å². The number of amides is 1. The van der Waals surface area contributed by atoms with Crippen LogP contribution in [-0.4, -0.2) is 58.4 Å². The number of anilines is 1. The van der Waals surface area contributed by atoms with E-state index in [4.69, 9.17) is 9.47 Å². The second-order valence-corrected chi connectivity index (χ2v) is 13.6. The fraction of sp³-hybridized carbons (Fsp3) is 0.382. The van der Waals surface area contributed by atoms with E-state index in [2.05, 4.69) is 24.7 Å². The molecule has 3 heterocycles. The summed E-state index contributed by atoms with van der Waals surface area (Å²) < 4.78 is 41.7. The van der Waals surface area contributed by atoms with Crippen LogP contribution in [-0.2, 0) is 16.6 Å². The van der Waals surface area contributed by atoms with Crippen LogP contribution in [0.1, 0.15) is 66.3 Å². The van der Waals surface area contributed by atoms with Crippen LogP contribution >= 0.6 is 0 Å². The summed E-state index contributed by atoms with van der Waals surface area (Å²) in [7, 11) is -4.16. The number of sulfonamides is 1. The highest BCUT2D eigenvalue weighted by molar-refractivity contribution is 7.92. The molecule has 4 bridgehead atoms. The molecule has 11 nitrogen and oxygen atoms in total. The average molecular weight is 643 g/mol. The number of benzene rings is 2. The SMILES string of the molecule is CCCOc1cnc(CN2C(=O)c3cccc(c3)S(=O)(=O)Nc3nc(cc(-c4c(C)cccc4C)n3)OC[C@H]2CC2CCC2)nc1. The van der Waals surface area contributed by atoms with E-state index < -0.39 is 10.0 Å². The second-order valence-electron chi connectivity index (χ2n) is 11.9. The summed E-state index contributed by atoms with van der Waals surface area (Å²) in [6, 6.07) is 13.3. The van der Waals surface area contributed by atoms with Crippen molar-refractivity contribution in [1.82, 2.24) is 24.8 Å². The molecule has 1 fully saturated rings. The summed E-state index contributed by atoms with van der Waals surface area (Å²) in [5, 5.41) is 0. The number of nitrogens with zero attached hydrogens (tertiary/aromatic N) is 5. The third-order valence-corrected chi connectivity index (χ3v) is 9.80. The number of aryl methyl sites for hydroxylation is 2. The number of ether oxygens (including phenoxy) is 2. The largest absolute Gasteiger partial charge is 0.490 e. The Morgan fingerprint density at radius 3 is 2.46 bits per heavy atom. The lowest BCUT2D eigenvalue weighted by atomic mass is 9.80. The van der Waals surface area contributed by atoms with Gasteiger partial charge in [0.2, 0.25) is 11.8 Å². The number of carbonyl (C=O) groups excluding carboxylic acids is 1. The van der Waals surface area contributed by atoms with Crippen molar-refractivity contribution in [3.8, 4) is 22.9 Å². The third kappa shape index (κ3) is 6.96. The van der Waals surface area contributed by atoms with E-state index in [1.54, 1.807) is 35.5 Å². The van der Waals surface area contributed by atoms with E-state index >= 15 is 0 Å². The van der Waals surface area contributed by atoms with Crippen LogP contribution in [0.2, 0.25) is 0 Å². The topological polar surface area (TPSA) is 136 Å². The predicted octanol–water partition coefficient (Wildman–Crippen LogP) is 5.73. The first kappa shape index (κ1) is 31.4. The molecule has 12 heteroatoms. The Kier molecular flexibility index (Phi) is 9.16. The van der Waals surface area contributed by atoms with Crippen molar-refractivity contribution in [2.75, 3.05) is 17.9 Å². The fourth-order valence-electron chi connectivity index (χ4n) is 5.85. The van der Waals surface area contributed by atoms with Crippen molar-refractivity contribution >= 4 is 21.9 Å². The van der Waals surface area contributed by atoms with Crippen LogP contribution in [0.4, 0.5) is 5.95 Å². The van der Waals surface area contributed by atoms with Gasteiger partial charge in [0, 0.05) is 17.2 Å². The maximum Gasteiger partial charge on any atom is 0.264 e. The monoisotopic (exact) mass is 642 g/mol. The number of carbonyl (C=O) groups is 1. The maximum atomic E-state index is 14.3. The quantitative estimate of drug-likeness (QED) is 0.255. The minimum absolute atomic E-state index is 0.0784. The summed E-state index contributed by atoms with van der Waals surface area (Å²) in [6.45, 7) is 6.77. The standard InChI is InChI=1S/C34H38N6O5S/c1-4-14-44-27-18-35-30(36-19-27)20-40-26(15-24-10-6-11-24)21-45-31-17-29(32-22(2)8-5-9-23(32)3)37-34(38-31)39-46(42,43)28-13-7-12-25(16-28)33(40)41/h5,7-9,12-13,16-19,24,26H,4,6,10-11,14-15,20-21H2,1-3H3,(H,37,38,39)/t26-/m1/s1. The molecule has 4 aromatic rings. The Hall–Kier alpha value is -4.58.